The molecule has 1 amide bonds. The van der Waals surface area contributed by atoms with E-state index < -0.39 is 16.1 Å². The summed E-state index contributed by atoms with van der Waals surface area (Å²) in [5.74, 6) is 0.0368. The second-order valence-electron chi connectivity index (χ2n) is 6.98. The highest BCUT2D eigenvalue weighted by Crippen LogP contribution is 2.26. The number of hydrogen-bond acceptors (Lipinski definition) is 4. The minimum Gasteiger partial charge on any atom is -0.391 e. The Morgan fingerprint density at radius 1 is 1.12 bits per heavy atom. The minimum atomic E-state index is -3.25. The van der Waals surface area contributed by atoms with Gasteiger partial charge in [-0.05, 0) is 49.9 Å². The predicted molar refractivity (Wildman–Crippen MR) is 97.2 cm³/mol. The molecule has 0 bridgehead atoms. The average Bonchev–Trinajstić information content (AvgIpc) is 2.61. The Bertz CT molecular complexity index is 717. The van der Waals surface area contributed by atoms with Gasteiger partial charge in [-0.2, -0.15) is 0 Å². The lowest BCUT2D eigenvalue weighted by Crippen LogP contribution is -2.46. The first kappa shape index (κ1) is 18.2. The van der Waals surface area contributed by atoms with Crippen LogP contribution in [0.5, 0.6) is 0 Å². The number of aliphatic hydroxyl groups is 1. The first-order valence-corrected chi connectivity index (χ1v) is 10.6. The number of amides is 1. The molecule has 138 valence electrons. The topological polar surface area (TPSA) is 77.9 Å². The molecule has 1 saturated heterocycles. The zero-order valence-corrected chi connectivity index (χ0v) is 15.4. The van der Waals surface area contributed by atoms with Gasteiger partial charge in [-0.15, -0.1) is 0 Å². The number of benzene rings is 1. The molecule has 2 atom stereocenters. The molecule has 3 rings (SSSR count). The molecule has 2 fully saturated rings. The summed E-state index contributed by atoms with van der Waals surface area (Å²) in [5, 5.41) is 10.1. The van der Waals surface area contributed by atoms with Crippen LogP contribution in [-0.2, 0) is 10.0 Å². The Balaban J connectivity index is 1.74. The molecule has 0 radical (unpaired) electrons. The molecule has 1 aliphatic heterocycles. The second-order valence-corrected chi connectivity index (χ2v) is 8.99. The average molecular weight is 366 g/mol. The number of carbonyl (C=O) groups is 1. The molecule has 6 nitrogen and oxygen atoms in total. The van der Waals surface area contributed by atoms with Crippen LogP contribution in [0.15, 0.2) is 24.3 Å². The van der Waals surface area contributed by atoms with Gasteiger partial charge in [0.05, 0.1) is 23.6 Å². The fourth-order valence-corrected chi connectivity index (χ4v) is 5.39. The molecule has 0 aromatic heterocycles. The van der Waals surface area contributed by atoms with E-state index in [4.69, 9.17) is 0 Å². The van der Waals surface area contributed by atoms with E-state index in [9.17, 15) is 18.3 Å². The Morgan fingerprint density at radius 2 is 1.80 bits per heavy atom. The third-order valence-electron chi connectivity index (χ3n) is 5.26. The first-order chi connectivity index (χ1) is 11.9. The molecule has 1 aliphatic carbocycles. The molecule has 25 heavy (non-hydrogen) atoms. The highest BCUT2D eigenvalue weighted by atomic mass is 32.2. The SMILES string of the molecule is CN(C(=O)c1ccc(N2CCCCS2(=O)=O)cc1)[C@H]1CCCC[C@H]1O. The maximum absolute atomic E-state index is 12.7. The number of hydrogen-bond donors (Lipinski definition) is 1. The quantitative estimate of drug-likeness (QED) is 0.887. The number of carbonyl (C=O) groups excluding carboxylic acids is 1. The lowest BCUT2D eigenvalue weighted by Gasteiger charge is -2.35. The number of nitrogens with zero attached hydrogens (tertiary/aromatic N) is 2. The maximum Gasteiger partial charge on any atom is 0.253 e. The molecule has 1 aromatic rings. The monoisotopic (exact) mass is 366 g/mol. The Hall–Kier alpha value is -1.60. The van der Waals surface area contributed by atoms with Crippen LogP contribution in [-0.4, -0.2) is 55.8 Å². The van der Waals surface area contributed by atoms with E-state index in [1.807, 2.05) is 0 Å². The van der Waals surface area contributed by atoms with Gasteiger partial charge < -0.3 is 10.0 Å². The number of sulfonamides is 1. The number of likely N-dealkylation sites (N-methyl/N-ethyl adjacent to an activating group) is 1. The standard InChI is InChI=1S/C18H26N2O4S/c1-19(16-6-2-3-7-17(16)21)18(22)14-8-10-15(11-9-14)20-12-4-5-13-25(20,23)24/h8-11,16-17,21H,2-7,12-13H2,1H3/t16-,17+/m0/s1. The highest BCUT2D eigenvalue weighted by molar-refractivity contribution is 7.92. The summed E-state index contributed by atoms with van der Waals surface area (Å²) in [4.78, 5) is 14.3. The van der Waals surface area contributed by atoms with Gasteiger partial charge in [-0.1, -0.05) is 12.8 Å². The zero-order valence-electron chi connectivity index (χ0n) is 14.6. The molecule has 1 saturated carbocycles. The minimum absolute atomic E-state index is 0.140. The van der Waals surface area contributed by atoms with Gasteiger partial charge in [0.1, 0.15) is 0 Å². The second kappa shape index (κ2) is 7.33. The fraction of sp³-hybridized carbons (Fsp3) is 0.611. The number of aliphatic hydroxyl groups excluding tert-OH is 1. The molecule has 7 heteroatoms. The van der Waals surface area contributed by atoms with Gasteiger partial charge in [0.15, 0.2) is 0 Å². The van der Waals surface area contributed by atoms with Crippen molar-refractivity contribution in [3.8, 4) is 0 Å². The van der Waals surface area contributed by atoms with Crippen molar-refractivity contribution < 1.29 is 18.3 Å². The summed E-state index contributed by atoms with van der Waals surface area (Å²) < 4.78 is 25.8. The molecule has 1 N–H and O–H groups in total. The van der Waals surface area contributed by atoms with E-state index in [0.29, 0.717) is 24.2 Å². The molecule has 0 unspecified atom stereocenters. The smallest absolute Gasteiger partial charge is 0.253 e. The molecule has 0 spiro atoms. The third-order valence-corrected chi connectivity index (χ3v) is 7.13. The van der Waals surface area contributed by atoms with Crippen molar-refractivity contribution in [1.82, 2.24) is 4.90 Å². The third kappa shape index (κ3) is 3.82. The lowest BCUT2D eigenvalue weighted by molar-refractivity contribution is 0.0268. The summed E-state index contributed by atoms with van der Waals surface area (Å²) in [7, 11) is -1.52. The highest BCUT2D eigenvalue weighted by Gasteiger charge is 2.30. The summed E-state index contributed by atoms with van der Waals surface area (Å²) >= 11 is 0. The summed E-state index contributed by atoms with van der Waals surface area (Å²) in [6, 6.07) is 6.59. The maximum atomic E-state index is 12.7. The Labute approximate surface area is 149 Å². The van der Waals surface area contributed by atoms with Crippen molar-refractivity contribution in [3.05, 3.63) is 29.8 Å². The number of anilines is 1. The van der Waals surface area contributed by atoms with E-state index in [2.05, 4.69) is 0 Å². The van der Waals surface area contributed by atoms with Crippen LogP contribution in [0.3, 0.4) is 0 Å². The van der Waals surface area contributed by atoms with Gasteiger partial charge >= 0.3 is 0 Å². The van der Waals surface area contributed by atoms with Crippen LogP contribution in [0.1, 0.15) is 48.9 Å². The van der Waals surface area contributed by atoms with Crippen LogP contribution < -0.4 is 4.31 Å². The first-order valence-electron chi connectivity index (χ1n) is 8.96. The van der Waals surface area contributed by atoms with Crippen LogP contribution in [0, 0.1) is 0 Å². The zero-order chi connectivity index (χ0) is 18.0. The molecular weight excluding hydrogens is 340 g/mol. The van der Waals surface area contributed by atoms with Crippen molar-refractivity contribution in [3.63, 3.8) is 0 Å². The van der Waals surface area contributed by atoms with Crippen molar-refractivity contribution in [2.24, 2.45) is 0 Å². The van der Waals surface area contributed by atoms with Crippen molar-refractivity contribution in [2.75, 3.05) is 23.7 Å². The van der Waals surface area contributed by atoms with E-state index >= 15 is 0 Å². The van der Waals surface area contributed by atoms with Crippen LogP contribution in [0.25, 0.3) is 0 Å². The van der Waals surface area contributed by atoms with Gasteiger partial charge in [0.2, 0.25) is 10.0 Å². The van der Waals surface area contributed by atoms with E-state index in [1.165, 1.54) is 4.31 Å². The fourth-order valence-electron chi connectivity index (χ4n) is 3.75. The Morgan fingerprint density at radius 3 is 2.44 bits per heavy atom. The number of rotatable bonds is 3. The lowest BCUT2D eigenvalue weighted by atomic mass is 9.91. The molecule has 1 aromatic carbocycles. The van der Waals surface area contributed by atoms with E-state index in [1.54, 1.807) is 36.2 Å². The Kier molecular flexibility index (Phi) is 5.34. The van der Waals surface area contributed by atoms with Crippen molar-refractivity contribution >= 4 is 21.6 Å². The predicted octanol–water partition coefficient (Wildman–Crippen LogP) is 1.99. The van der Waals surface area contributed by atoms with Crippen molar-refractivity contribution in [1.29, 1.82) is 0 Å². The van der Waals surface area contributed by atoms with Crippen molar-refractivity contribution in [2.45, 2.75) is 50.7 Å². The summed E-state index contributed by atoms with van der Waals surface area (Å²) in [6.45, 7) is 0.490. The van der Waals surface area contributed by atoms with Crippen LogP contribution in [0.2, 0.25) is 0 Å². The normalized spacial score (nSPS) is 26.2. The van der Waals surface area contributed by atoms with E-state index in [-0.39, 0.29) is 17.7 Å². The van der Waals surface area contributed by atoms with E-state index in [0.717, 1.165) is 32.1 Å². The molecular formula is C18H26N2O4S. The van der Waals surface area contributed by atoms with Crippen LogP contribution >= 0.6 is 0 Å². The van der Waals surface area contributed by atoms with Crippen LogP contribution in [0.4, 0.5) is 5.69 Å². The van der Waals surface area contributed by atoms with Gasteiger partial charge in [-0.25, -0.2) is 8.42 Å². The summed E-state index contributed by atoms with van der Waals surface area (Å²) in [6.07, 6.45) is 4.64. The van der Waals surface area contributed by atoms with Gasteiger partial charge in [0, 0.05) is 19.2 Å². The molecule has 2 aliphatic rings. The largest absolute Gasteiger partial charge is 0.391 e. The van der Waals surface area contributed by atoms with Gasteiger partial charge in [0.25, 0.3) is 5.91 Å². The van der Waals surface area contributed by atoms with Gasteiger partial charge in [-0.3, -0.25) is 9.10 Å². The molecule has 1 heterocycles. The summed E-state index contributed by atoms with van der Waals surface area (Å²) in [5.41, 5.74) is 1.12.